The molecule has 0 saturated carbocycles. The van der Waals surface area contributed by atoms with Crippen LogP contribution < -0.4 is 0 Å². The predicted molar refractivity (Wildman–Crippen MR) is 78.2 cm³/mol. The van der Waals surface area contributed by atoms with Crippen molar-refractivity contribution in [2.45, 2.75) is 0 Å². The van der Waals surface area contributed by atoms with Gasteiger partial charge in [-0.2, -0.15) is 4.80 Å². The number of aromatic nitrogens is 3. The monoisotopic (exact) mass is 352 g/mol. The second-order valence-corrected chi connectivity index (χ2v) is 5.14. The third-order valence-corrected chi connectivity index (χ3v) is 4.12. The van der Waals surface area contributed by atoms with Crippen molar-refractivity contribution in [3.63, 3.8) is 0 Å². The van der Waals surface area contributed by atoms with Crippen LogP contribution in [0.5, 0.6) is 0 Å². The van der Waals surface area contributed by atoms with Crippen LogP contribution in [-0.4, -0.2) is 19.9 Å². The molecule has 0 amide bonds. The summed E-state index contributed by atoms with van der Waals surface area (Å²) in [4.78, 5) is 11.8. The van der Waals surface area contributed by atoms with Gasteiger partial charge in [0.25, 0.3) is 5.69 Å². The molecule has 8 heteroatoms. The Kier molecular flexibility index (Phi) is 3.15. The van der Waals surface area contributed by atoms with Crippen molar-refractivity contribution in [1.82, 2.24) is 15.0 Å². The van der Waals surface area contributed by atoms with E-state index in [0.29, 0.717) is 11.0 Å². The van der Waals surface area contributed by atoms with Gasteiger partial charge < -0.3 is 0 Å². The van der Waals surface area contributed by atoms with Crippen LogP contribution in [0.15, 0.2) is 40.9 Å². The second kappa shape index (κ2) is 4.84. The van der Waals surface area contributed by atoms with Gasteiger partial charge in [-0.1, -0.05) is 29.8 Å². The van der Waals surface area contributed by atoms with Gasteiger partial charge in [0, 0.05) is 6.07 Å². The fourth-order valence-electron chi connectivity index (χ4n) is 1.79. The van der Waals surface area contributed by atoms with Gasteiger partial charge in [-0.25, -0.2) is 0 Å². The second-order valence-electron chi connectivity index (χ2n) is 3.97. The zero-order chi connectivity index (χ0) is 14.3. The van der Waals surface area contributed by atoms with Gasteiger partial charge >= 0.3 is 0 Å². The molecule has 0 aliphatic carbocycles. The topological polar surface area (TPSA) is 73.8 Å². The Morgan fingerprint density at radius 1 is 1.25 bits per heavy atom. The Balaban J connectivity index is 2.26. The van der Waals surface area contributed by atoms with E-state index in [1.807, 2.05) is 30.3 Å². The first-order valence-electron chi connectivity index (χ1n) is 5.53. The Morgan fingerprint density at radius 2 is 1.95 bits per heavy atom. The van der Waals surface area contributed by atoms with E-state index in [2.05, 4.69) is 26.1 Å². The Labute approximate surface area is 126 Å². The molecule has 6 nitrogen and oxygen atoms in total. The number of halogens is 2. The minimum absolute atomic E-state index is 0.136. The molecule has 0 atom stereocenters. The number of hydrogen-bond acceptors (Lipinski definition) is 4. The highest BCUT2D eigenvalue weighted by molar-refractivity contribution is 9.10. The third-order valence-electron chi connectivity index (χ3n) is 2.72. The van der Waals surface area contributed by atoms with Crippen LogP contribution in [0.25, 0.3) is 16.7 Å². The summed E-state index contributed by atoms with van der Waals surface area (Å²) in [5.74, 6) is 0. The van der Waals surface area contributed by atoms with Crippen LogP contribution >= 0.6 is 27.5 Å². The maximum absolute atomic E-state index is 11.0. The molecule has 1 heterocycles. The van der Waals surface area contributed by atoms with E-state index < -0.39 is 4.92 Å². The van der Waals surface area contributed by atoms with Crippen LogP contribution in [-0.2, 0) is 0 Å². The largest absolute Gasteiger partial charge is 0.287 e. The molecule has 0 bridgehead atoms. The Bertz CT molecular complexity index is 819. The molecule has 0 saturated heterocycles. The number of hydrogen-bond donors (Lipinski definition) is 0. The standard InChI is InChI=1S/C12H6BrClN4O2/c13-10-9(18(19)20)6-8-12(11(10)14)16-17(15-8)7-4-2-1-3-5-7/h1-6H. The zero-order valence-corrected chi connectivity index (χ0v) is 12.2. The molecule has 0 fully saturated rings. The number of para-hydroxylation sites is 1. The van der Waals surface area contributed by atoms with Gasteiger partial charge in [0.15, 0.2) is 0 Å². The van der Waals surface area contributed by atoms with Crippen molar-refractivity contribution in [2.75, 3.05) is 0 Å². The quantitative estimate of drug-likeness (QED) is 0.519. The average molecular weight is 354 g/mol. The molecule has 1 aromatic heterocycles. The summed E-state index contributed by atoms with van der Waals surface area (Å²) in [6.45, 7) is 0. The molecule has 0 aliphatic heterocycles. The van der Waals surface area contributed by atoms with Gasteiger partial charge in [0.2, 0.25) is 0 Å². The molecule has 0 aliphatic rings. The van der Waals surface area contributed by atoms with Crippen LogP contribution in [0.4, 0.5) is 5.69 Å². The van der Waals surface area contributed by atoms with E-state index in [9.17, 15) is 10.1 Å². The minimum Gasteiger partial charge on any atom is -0.258 e. The first-order valence-corrected chi connectivity index (χ1v) is 6.70. The summed E-state index contributed by atoms with van der Waals surface area (Å²) in [6, 6.07) is 10.6. The Hall–Kier alpha value is -1.99. The van der Waals surface area contributed by atoms with Crippen molar-refractivity contribution in [3.05, 3.63) is 56.0 Å². The molecule has 0 spiro atoms. The lowest BCUT2D eigenvalue weighted by molar-refractivity contribution is -0.385. The maximum Gasteiger partial charge on any atom is 0.287 e. The molecular formula is C12H6BrClN4O2. The summed E-state index contributed by atoms with van der Waals surface area (Å²) >= 11 is 9.23. The number of nitro benzene ring substituents is 1. The molecule has 100 valence electrons. The van der Waals surface area contributed by atoms with Gasteiger partial charge in [-0.05, 0) is 28.1 Å². The van der Waals surface area contributed by atoms with Crippen LogP contribution in [0, 0.1) is 10.1 Å². The number of benzene rings is 2. The zero-order valence-electron chi connectivity index (χ0n) is 9.83. The van der Waals surface area contributed by atoms with E-state index in [1.165, 1.54) is 10.9 Å². The molecular weight excluding hydrogens is 348 g/mol. The van der Waals surface area contributed by atoms with Crippen LogP contribution in [0.1, 0.15) is 0 Å². The first kappa shape index (κ1) is 13.0. The lowest BCUT2D eigenvalue weighted by Crippen LogP contribution is -1.97. The van der Waals surface area contributed by atoms with Crippen molar-refractivity contribution < 1.29 is 4.92 Å². The summed E-state index contributed by atoms with van der Waals surface area (Å²) < 4.78 is 0.205. The van der Waals surface area contributed by atoms with Crippen LogP contribution in [0.3, 0.4) is 0 Å². The Morgan fingerprint density at radius 3 is 2.60 bits per heavy atom. The van der Waals surface area contributed by atoms with Crippen molar-refractivity contribution in [3.8, 4) is 5.69 Å². The highest BCUT2D eigenvalue weighted by Gasteiger charge is 2.21. The minimum atomic E-state index is -0.517. The summed E-state index contributed by atoms with van der Waals surface area (Å²) in [7, 11) is 0. The summed E-state index contributed by atoms with van der Waals surface area (Å²) in [5.41, 5.74) is 1.39. The normalized spacial score (nSPS) is 10.9. The van der Waals surface area contributed by atoms with Crippen molar-refractivity contribution in [2.24, 2.45) is 0 Å². The lowest BCUT2D eigenvalue weighted by Gasteiger charge is -1.97. The number of nitrogens with zero attached hydrogens (tertiary/aromatic N) is 4. The van der Waals surface area contributed by atoms with Crippen LogP contribution in [0.2, 0.25) is 5.02 Å². The fraction of sp³-hybridized carbons (Fsp3) is 0. The van der Waals surface area contributed by atoms with Crippen molar-refractivity contribution in [1.29, 1.82) is 0 Å². The van der Waals surface area contributed by atoms with E-state index in [1.54, 1.807) is 0 Å². The van der Waals surface area contributed by atoms with Crippen molar-refractivity contribution >= 4 is 44.3 Å². The number of nitro groups is 1. The molecule has 3 aromatic rings. The highest BCUT2D eigenvalue weighted by Crippen LogP contribution is 2.37. The van der Waals surface area contributed by atoms with Gasteiger partial charge in [-0.15, -0.1) is 10.2 Å². The molecule has 0 radical (unpaired) electrons. The molecule has 0 N–H and O–H groups in total. The number of rotatable bonds is 2. The summed E-state index contributed by atoms with van der Waals surface area (Å²) in [6.07, 6.45) is 0. The number of fused-ring (bicyclic) bond motifs is 1. The molecule has 20 heavy (non-hydrogen) atoms. The first-order chi connectivity index (χ1) is 9.58. The van der Waals surface area contributed by atoms with E-state index >= 15 is 0 Å². The lowest BCUT2D eigenvalue weighted by atomic mass is 10.3. The predicted octanol–water partition coefficient (Wildman–Crippen LogP) is 3.74. The SMILES string of the molecule is O=[N+]([O-])c1cc2nn(-c3ccccc3)nc2c(Cl)c1Br. The third kappa shape index (κ3) is 2.04. The maximum atomic E-state index is 11.0. The van der Waals surface area contributed by atoms with E-state index in [-0.39, 0.29) is 15.2 Å². The van der Waals surface area contributed by atoms with Gasteiger partial charge in [0.05, 0.1) is 15.6 Å². The van der Waals surface area contributed by atoms with Gasteiger partial charge in [0.1, 0.15) is 15.5 Å². The highest BCUT2D eigenvalue weighted by atomic mass is 79.9. The van der Waals surface area contributed by atoms with Gasteiger partial charge in [-0.3, -0.25) is 10.1 Å². The average Bonchev–Trinajstić information content (AvgIpc) is 2.88. The molecule has 0 unspecified atom stereocenters. The smallest absolute Gasteiger partial charge is 0.258 e. The van der Waals surface area contributed by atoms with E-state index in [4.69, 9.17) is 11.6 Å². The fourth-order valence-corrected chi connectivity index (χ4v) is 2.47. The van der Waals surface area contributed by atoms with E-state index in [0.717, 1.165) is 5.69 Å². The summed E-state index contributed by atoms with van der Waals surface area (Å²) in [5, 5.41) is 19.6. The molecule has 3 rings (SSSR count). The molecule has 2 aromatic carbocycles.